The molecule has 30 heavy (non-hydrogen) atoms. The number of urea groups is 1. The molecule has 9 heteroatoms. The number of imide groups is 1. The molecule has 1 unspecified atom stereocenters. The number of hydrogen-bond donors (Lipinski definition) is 2. The average molecular weight is 421 g/mol. The lowest BCUT2D eigenvalue weighted by Gasteiger charge is -2.22. The van der Waals surface area contributed by atoms with Crippen molar-refractivity contribution in [2.75, 3.05) is 11.9 Å². The quantitative estimate of drug-likeness (QED) is 0.617. The number of carbonyl (C=O) groups excluding carboxylic acids is 3. The van der Waals surface area contributed by atoms with Crippen molar-refractivity contribution < 1.29 is 14.4 Å². The molecule has 1 aliphatic heterocycles. The fourth-order valence-corrected chi connectivity index (χ4v) is 4.55. The lowest BCUT2D eigenvalue weighted by Crippen LogP contribution is -2.42. The van der Waals surface area contributed by atoms with Crippen LogP contribution < -0.4 is 10.6 Å². The highest BCUT2D eigenvalue weighted by atomic mass is 32.1. The van der Waals surface area contributed by atoms with E-state index in [1.54, 1.807) is 6.92 Å². The van der Waals surface area contributed by atoms with Crippen LogP contribution in [0.3, 0.4) is 0 Å². The van der Waals surface area contributed by atoms with Crippen molar-refractivity contribution in [3.05, 3.63) is 53.0 Å². The van der Waals surface area contributed by atoms with E-state index in [-0.39, 0.29) is 6.54 Å². The highest BCUT2D eigenvalue weighted by Gasteiger charge is 2.49. The number of nitrogens with zero attached hydrogens (tertiary/aromatic N) is 3. The molecule has 1 atom stereocenters. The summed E-state index contributed by atoms with van der Waals surface area (Å²) < 4.78 is 0. The second-order valence-corrected chi connectivity index (χ2v) is 8.79. The zero-order valence-electron chi connectivity index (χ0n) is 16.2. The minimum atomic E-state index is -1.23. The van der Waals surface area contributed by atoms with Gasteiger partial charge in [0.1, 0.15) is 17.1 Å². The molecule has 1 saturated heterocycles. The largest absolute Gasteiger partial charge is 0.325 e. The number of hydrogen-bond acceptors (Lipinski definition) is 6. The summed E-state index contributed by atoms with van der Waals surface area (Å²) in [7, 11) is 0. The fraction of sp³-hybridized carbons (Fsp3) is 0.286. The zero-order valence-corrected chi connectivity index (χ0v) is 17.0. The Labute approximate surface area is 176 Å². The van der Waals surface area contributed by atoms with Crippen LogP contribution in [0.15, 0.2) is 42.5 Å². The minimum absolute atomic E-state index is 0.381. The summed E-state index contributed by atoms with van der Waals surface area (Å²) in [6, 6.07) is 12.8. The SMILES string of the molecule is CC1(c2ccc3ccccc3c2)NC(=O)N(CC(=O)Nc2nnc(C3CC3)s2)C1=O. The third kappa shape index (κ3) is 3.21. The maximum Gasteiger partial charge on any atom is 0.325 e. The normalized spacial score (nSPS) is 21.2. The van der Waals surface area contributed by atoms with Crippen molar-refractivity contribution in [3.8, 4) is 0 Å². The predicted octanol–water partition coefficient (Wildman–Crippen LogP) is 2.97. The summed E-state index contributed by atoms with van der Waals surface area (Å²) in [5.74, 6) is -0.504. The zero-order chi connectivity index (χ0) is 20.9. The van der Waals surface area contributed by atoms with Gasteiger partial charge in [-0.3, -0.25) is 19.8 Å². The Kier molecular flexibility index (Phi) is 4.28. The van der Waals surface area contributed by atoms with E-state index in [0.29, 0.717) is 16.6 Å². The van der Waals surface area contributed by atoms with E-state index in [9.17, 15) is 14.4 Å². The van der Waals surface area contributed by atoms with Gasteiger partial charge in [-0.2, -0.15) is 0 Å². The number of carbonyl (C=O) groups is 3. The molecule has 2 fully saturated rings. The highest BCUT2D eigenvalue weighted by Crippen LogP contribution is 2.42. The topological polar surface area (TPSA) is 104 Å². The van der Waals surface area contributed by atoms with Crippen LogP contribution in [-0.2, 0) is 15.1 Å². The molecule has 0 bridgehead atoms. The van der Waals surface area contributed by atoms with Crippen molar-refractivity contribution in [1.29, 1.82) is 0 Å². The van der Waals surface area contributed by atoms with Crippen molar-refractivity contribution in [2.24, 2.45) is 0 Å². The number of aromatic nitrogens is 2. The van der Waals surface area contributed by atoms with Crippen LogP contribution in [-0.4, -0.2) is 39.5 Å². The maximum absolute atomic E-state index is 13.1. The van der Waals surface area contributed by atoms with Crippen LogP contribution in [0.5, 0.6) is 0 Å². The van der Waals surface area contributed by atoms with E-state index in [4.69, 9.17) is 0 Å². The summed E-state index contributed by atoms with van der Waals surface area (Å²) in [5.41, 5.74) is -0.566. The summed E-state index contributed by atoms with van der Waals surface area (Å²) in [4.78, 5) is 39.0. The molecule has 5 rings (SSSR count). The number of benzene rings is 2. The van der Waals surface area contributed by atoms with Crippen LogP contribution in [0.25, 0.3) is 10.8 Å². The van der Waals surface area contributed by atoms with Gasteiger partial charge in [-0.1, -0.05) is 47.7 Å². The first-order chi connectivity index (χ1) is 14.4. The molecule has 2 N–H and O–H groups in total. The van der Waals surface area contributed by atoms with E-state index in [0.717, 1.165) is 33.5 Å². The number of amides is 4. The highest BCUT2D eigenvalue weighted by molar-refractivity contribution is 7.15. The molecule has 1 aromatic heterocycles. The molecule has 1 saturated carbocycles. The molecule has 152 valence electrons. The average Bonchev–Trinajstić information content (AvgIpc) is 3.45. The van der Waals surface area contributed by atoms with E-state index in [1.807, 2.05) is 42.5 Å². The first-order valence-corrected chi connectivity index (χ1v) is 10.5. The Hall–Kier alpha value is -3.33. The summed E-state index contributed by atoms with van der Waals surface area (Å²) in [6.45, 7) is 1.27. The first kappa shape index (κ1) is 18.7. The molecule has 3 aromatic rings. The fourth-order valence-electron chi connectivity index (χ4n) is 3.62. The molecular formula is C21H19N5O3S. The van der Waals surface area contributed by atoms with E-state index in [2.05, 4.69) is 20.8 Å². The van der Waals surface area contributed by atoms with Crippen molar-refractivity contribution in [1.82, 2.24) is 20.4 Å². The number of fused-ring (bicyclic) bond motifs is 1. The molecule has 0 radical (unpaired) electrons. The van der Waals surface area contributed by atoms with Gasteiger partial charge in [0.05, 0.1) is 0 Å². The molecule has 4 amide bonds. The van der Waals surface area contributed by atoms with Crippen LogP contribution in [0.4, 0.5) is 9.93 Å². The Morgan fingerprint density at radius 1 is 1.20 bits per heavy atom. The van der Waals surface area contributed by atoms with Crippen LogP contribution in [0.1, 0.15) is 36.3 Å². The lowest BCUT2D eigenvalue weighted by molar-refractivity contribution is -0.133. The van der Waals surface area contributed by atoms with Crippen molar-refractivity contribution in [2.45, 2.75) is 31.2 Å². The summed E-state index contributed by atoms with van der Waals surface area (Å²) >= 11 is 1.33. The third-order valence-corrected chi connectivity index (χ3v) is 6.52. The second kappa shape index (κ2) is 6.88. The Morgan fingerprint density at radius 2 is 1.97 bits per heavy atom. The van der Waals surface area contributed by atoms with E-state index in [1.165, 1.54) is 11.3 Å². The van der Waals surface area contributed by atoms with Gasteiger partial charge < -0.3 is 5.32 Å². The summed E-state index contributed by atoms with van der Waals surface area (Å²) in [6.07, 6.45) is 2.19. The smallest absolute Gasteiger partial charge is 0.319 e. The van der Waals surface area contributed by atoms with Gasteiger partial charge in [0.15, 0.2) is 0 Å². The van der Waals surface area contributed by atoms with Gasteiger partial charge in [0.2, 0.25) is 11.0 Å². The van der Waals surface area contributed by atoms with Crippen molar-refractivity contribution in [3.63, 3.8) is 0 Å². The molecule has 2 aliphatic rings. The van der Waals surface area contributed by atoms with E-state index < -0.39 is 23.4 Å². The van der Waals surface area contributed by atoms with Crippen LogP contribution in [0, 0.1) is 0 Å². The minimum Gasteiger partial charge on any atom is -0.319 e. The molecule has 1 aliphatic carbocycles. The maximum atomic E-state index is 13.1. The Morgan fingerprint density at radius 3 is 2.73 bits per heavy atom. The first-order valence-electron chi connectivity index (χ1n) is 9.71. The number of anilines is 1. The van der Waals surface area contributed by atoms with Gasteiger partial charge in [-0.25, -0.2) is 4.79 Å². The van der Waals surface area contributed by atoms with Gasteiger partial charge >= 0.3 is 6.03 Å². The monoisotopic (exact) mass is 421 g/mol. The number of nitrogens with one attached hydrogen (secondary N) is 2. The molecule has 8 nitrogen and oxygen atoms in total. The molecular weight excluding hydrogens is 402 g/mol. The predicted molar refractivity (Wildman–Crippen MR) is 112 cm³/mol. The van der Waals surface area contributed by atoms with Gasteiger partial charge in [0.25, 0.3) is 5.91 Å². The third-order valence-electron chi connectivity index (χ3n) is 5.52. The molecule has 2 aromatic carbocycles. The Balaban J connectivity index is 1.32. The van der Waals surface area contributed by atoms with Crippen molar-refractivity contribution >= 4 is 45.1 Å². The van der Waals surface area contributed by atoms with Crippen LogP contribution in [0.2, 0.25) is 0 Å². The van der Waals surface area contributed by atoms with Crippen LogP contribution >= 0.6 is 11.3 Å². The Bertz CT molecular complexity index is 1190. The van der Waals surface area contributed by atoms with E-state index >= 15 is 0 Å². The summed E-state index contributed by atoms with van der Waals surface area (Å²) in [5, 5.41) is 16.7. The molecule has 0 spiro atoms. The molecule has 2 heterocycles. The second-order valence-electron chi connectivity index (χ2n) is 7.78. The van der Waals surface area contributed by atoms with Gasteiger partial charge in [-0.15, -0.1) is 10.2 Å². The van der Waals surface area contributed by atoms with Gasteiger partial charge in [-0.05, 0) is 42.2 Å². The number of rotatable bonds is 5. The standard InChI is InChI=1S/C21H19N5O3S/c1-21(15-9-8-12-4-2-3-5-14(12)10-15)18(28)26(20(29)23-21)11-16(27)22-19-25-24-17(30-19)13-6-7-13/h2-5,8-10,13H,6-7,11H2,1H3,(H,23,29)(H,22,25,27). The van der Waals surface area contributed by atoms with Gasteiger partial charge in [0, 0.05) is 5.92 Å². The lowest BCUT2D eigenvalue weighted by atomic mass is 9.90.